The third-order valence-electron chi connectivity index (χ3n) is 4.93. The number of carbonyl (C=O) groups excluding carboxylic acids is 1. The number of nitrogens with one attached hydrogen (secondary N) is 1. The van der Waals surface area contributed by atoms with Crippen molar-refractivity contribution in [2.75, 3.05) is 30.2 Å². The highest BCUT2D eigenvalue weighted by Gasteiger charge is 2.36. The number of halogens is 1. The van der Waals surface area contributed by atoms with Gasteiger partial charge in [0, 0.05) is 43.2 Å². The number of nitrogens with two attached hydrogens (primary N) is 1. The maximum atomic E-state index is 15.0. The van der Waals surface area contributed by atoms with Gasteiger partial charge >= 0.3 is 0 Å². The molecule has 2 aromatic heterocycles. The summed E-state index contributed by atoms with van der Waals surface area (Å²) in [5.74, 6) is -0.158. The maximum Gasteiger partial charge on any atom is 0.256 e. The van der Waals surface area contributed by atoms with E-state index in [4.69, 9.17) is 5.73 Å². The van der Waals surface area contributed by atoms with E-state index in [1.54, 1.807) is 42.7 Å². The van der Waals surface area contributed by atoms with Gasteiger partial charge in [0.25, 0.3) is 5.91 Å². The van der Waals surface area contributed by atoms with Crippen LogP contribution < -0.4 is 16.1 Å². The van der Waals surface area contributed by atoms with E-state index in [0.717, 1.165) is 11.3 Å². The molecule has 3 aromatic rings. The first-order valence-corrected chi connectivity index (χ1v) is 8.70. The number of nitrogens with zero attached hydrogens (tertiary/aromatic N) is 4. The number of rotatable bonds is 3. The van der Waals surface area contributed by atoms with Gasteiger partial charge in [0.05, 0.1) is 11.7 Å². The molecule has 0 spiro atoms. The highest BCUT2D eigenvalue weighted by atomic mass is 19.1. The summed E-state index contributed by atoms with van der Waals surface area (Å²) in [6, 6.07) is 11.0. The van der Waals surface area contributed by atoms with Crippen LogP contribution in [0.25, 0.3) is 0 Å². The van der Waals surface area contributed by atoms with Crippen molar-refractivity contribution >= 4 is 23.2 Å². The van der Waals surface area contributed by atoms with Crippen LogP contribution in [0.5, 0.6) is 0 Å². The Morgan fingerprint density at radius 3 is 2.68 bits per heavy atom. The number of hydrogen-bond acceptors (Lipinski definition) is 6. The second-order valence-corrected chi connectivity index (χ2v) is 6.53. The topological polar surface area (TPSA) is 87.4 Å². The second-order valence-electron chi connectivity index (χ2n) is 6.53. The van der Waals surface area contributed by atoms with Gasteiger partial charge in [-0.05, 0) is 30.3 Å². The number of fused-ring (bicyclic) bond motifs is 1. The molecule has 1 aromatic carbocycles. The van der Waals surface area contributed by atoms with Gasteiger partial charge < -0.3 is 16.1 Å². The zero-order valence-electron chi connectivity index (χ0n) is 15.4. The molecule has 4 rings (SSSR count). The molecule has 142 valence electrons. The molecule has 0 radical (unpaired) electrons. The van der Waals surface area contributed by atoms with E-state index >= 15 is 4.39 Å². The minimum absolute atomic E-state index is 0.209. The zero-order valence-corrected chi connectivity index (χ0v) is 15.4. The Balaban J connectivity index is 1.67. The van der Waals surface area contributed by atoms with Crippen LogP contribution in [0.1, 0.15) is 27.5 Å². The van der Waals surface area contributed by atoms with Crippen LogP contribution in [0, 0.1) is 5.82 Å². The van der Waals surface area contributed by atoms with Crippen molar-refractivity contribution < 1.29 is 9.18 Å². The number of anilines is 3. The molecular formula is C20H19FN6O. The summed E-state index contributed by atoms with van der Waals surface area (Å²) < 4.78 is 15.0. The van der Waals surface area contributed by atoms with Gasteiger partial charge in [-0.3, -0.25) is 4.79 Å². The second kappa shape index (κ2) is 6.90. The van der Waals surface area contributed by atoms with Gasteiger partial charge in [0.2, 0.25) is 0 Å². The summed E-state index contributed by atoms with van der Waals surface area (Å²) in [4.78, 5) is 20.6. The summed E-state index contributed by atoms with van der Waals surface area (Å²) in [6.45, 7) is 0. The Hall–Kier alpha value is -3.52. The Labute approximate surface area is 161 Å². The maximum absolute atomic E-state index is 15.0. The van der Waals surface area contributed by atoms with Crippen LogP contribution in [-0.4, -0.2) is 35.0 Å². The molecule has 1 atom stereocenters. The van der Waals surface area contributed by atoms with E-state index in [1.165, 1.54) is 6.07 Å². The number of hydrogen-bond donors (Lipinski definition) is 2. The van der Waals surface area contributed by atoms with Gasteiger partial charge in [0.1, 0.15) is 17.5 Å². The zero-order chi connectivity index (χ0) is 19.8. The predicted molar refractivity (Wildman–Crippen MR) is 105 cm³/mol. The molecule has 1 aliphatic heterocycles. The number of hydrazine groups is 1. The molecule has 1 aliphatic rings. The summed E-state index contributed by atoms with van der Waals surface area (Å²) in [5, 5.41) is 6.44. The lowest BCUT2D eigenvalue weighted by Gasteiger charge is -2.27. The van der Waals surface area contributed by atoms with E-state index in [1.807, 2.05) is 30.2 Å². The third kappa shape index (κ3) is 2.93. The van der Waals surface area contributed by atoms with Crippen LogP contribution in [0.3, 0.4) is 0 Å². The SMILES string of the molecule is CN1c2ccnc(N)c2C(c2ccc(C(=O)Nc3ccccn3)cc2F)N1C. The largest absolute Gasteiger partial charge is 0.383 e. The Kier molecular flexibility index (Phi) is 4.40. The summed E-state index contributed by atoms with van der Waals surface area (Å²) >= 11 is 0. The molecule has 1 unspecified atom stereocenters. The van der Waals surface area contributed by atoms with Gasteiger partial charge in [-0.15, -0.1) is 0 Å². The van der Waals surface area contributed by atoms with E-state index in [2.05, 4.69) is 15.3 Å². The fourth-order valence-electron chi connectivity index (χ4n) is 3.44. The van der Waals surface area contributed by atoms with E-state index in [-0.39, 0.29) is 5.56 Å². The van der Waals surface area contributed by atoms with Crippen LogP contribution >= 0.6 is 0 Å². The molecule has 3 N–H and O–H groups in total. The van der Waals surface area contributed by atoms with Crippen LogP contribution in [0.2, 0.25) is 0 Å². The van der Waals surface area contributed by atoms with E-state index < -0.39 is 17.8 Å². The van der Waals surface area contributed by atoms with E-state index in [0.29, 0.717) is 17.2 Å². The van der Waals surface area contributed by atoms with Crippen molar-refractivity contribution in [2.45, 2.75) is 6.04 Å². The molecule has 0 saturated heterocycles. The Morgan fingerprint density at radius 1 is 1.14 bits per heavy atom. The van der Waals surface area contributed by atoms with Crippen molar-refractivity contribution in [1.29, 1.82) is 0 Å². The number of carbonyl (C=O) groups is 1. The molecule has 0 bridgehead atoms. The Bertz CT molecular complexity index is 1040. The quantitative estimate of drug-likeness (QED) is 0.729. The molecule has 28 heavy (non-hydrogen) atoms. The summed E-state index contributed by atoms with van der Waals surface area (Å²) in [5.41, 5.74) is 8.33. The molecule has 0 saturated carbocycles. The monoisotopic (exact) mass is 378 g/mol. The average molecular weight is 378 g/mol. The minimum Gasteiger partial charge on any atom is -0.383 e. The molecule has 0 fully saturated rings. The van der Waals surface area contributed by atoms with E-state index in [9.17, 15) is 4.79 Å². The van der Waals surface area contributed by atoms with Gasteiger partial charge in [0.15, 0.2) is 0 Å². The highest BCUT2D eigenvalue weighted by molar-refractivity contribution is 6.03. The number of amides is 1. The molecule has 1 amide bonds. The number of pyridine rings is 2. The van der Waals surface area contributed by atoms with Gasteiger partial charge in [-0.25, -0.2) is 19.4 Å². The molecular weight excluding hydrogens is 359 g/mol. The molecule has 7 nitrogen and oxygen atoms in total. The fraction of sp³-hybridized carbons (Fsp3) is 0.150. The summed E-state index contributed by atoms with van der Waals surface area (Å²) in [7, 11) is 3.73. The lowest BCUT2D eigenvalue weighted by molar-refractivity contribution is 0.102. The molecule has 3 heterocycles. The predicted octanol–water partition coefficient (Wildman–Crippen LogP) is 2.84. The van der Waals surface area contributed by atoms with Crippen molar-refractivity contribution in [3.63, 3.8) is 0 Å². The Morgan fingerprint density at radius 2 is 1.96 bits per heavy atom. The van der Waals surface area contributed by atoms with Crippen LogP contribution in [-0.2, 0) is 0 Å². The highest BCUT2D eigenvalue weighted by Crippen LogP contribution is 2.44. The molecule has 0 aliphatic carbocycles. The first-order chi connectivity index (χ1) is 13.5. The smallest absolute Gasteiger partial charge is 0.256 e. The van der Waals surface area contributed by atoms with Gasteiger partial charge in [-0.1, -0.05) is 12.1 Å². The van der Waals surface area contributed by atoms with Crippen molar-refractivity contribution in [3.05, 3.63) is 77.4 Å². The number of benzene rings is 1. The average Bonchev–Trinajstić information content (AvgIpc) is 2.95. The van der Waals surface area contributed by atoms with Crippen LogP contribution in [0.15, 0.2) is 54.9 Å². The number of aromatic nitrogens is 2. The van der Waals surface area contributed by atoms with Crippen molar-refractivity contribution in [3.8, 4) is 0 Å². The first kappa shape index (κ1) is 17.9. The fourth-order valence-corrected chi connectivity index (χ4v) is 3.44. The summed E-state index contributed by atoms with van der Waals surface area (Å²) in [6.07, 6.45) is 3.20. The lowest BCUT2D eigenvalue weighted by atomic mass is 9.97. The van der Waals surface area contributed by atoms with Crippen molar-refractivity contribution in [2.24, 2.45) is 0 Å². The third-order valence-corrected chi connectivity index (χ3v) is 4.93. The normalized spacial score (nSPS) is 16.1. The van der Waals surface area contributed by atoms with Crippen LogP contribution in [0.4, 0.5) is 21.7 Å². The first-order valence-electron chi connectivity index (χ1n) is 8.70. The number of nitrogen functional groups attached to an aromatic ring is 1. The van der Waals surface area contributed by atoms with Gasteiger partial charge in [-0.2, -0.15) is 0 Å². The minimum atomic E-state index is -0.491. The lowest BCUT2D eigenvalue weighted by Crippen LogP contribution is -2.34. The van der Waals surface area contributed by atoms with Crippen molar-refractivity contribution in [1.82, 2.24) is 15.0 Å². The molecule has 8 heteroatoms. The standard InChI is InChI=1S/C20H19FN6O/c1-26-15-8-10-24-19(22)17(15)18(27(26)2)13-7-6-12(11-14(13)21)20(28)25-16-5-3-4-9-23-16/h3-11,18H,1-2H3,(H2,22,24)(H,23,25,28).